The predicted octanol–water partition coefficient (Wildman–Crippen LogP) is 3.22. The first-order valence-electron chi connectivity index (χ1n) is 3.76. The van der Waals surface area contributed by atoms with Crippen molar-refractivity contribution in [3.63, 3.8) is 0 Å². The van der Waals surface area contributed by atoms with E-state index < -0.39 is 0 Å². The summed E-state index contributed by atoms with van der Waals surface area (Å²) in [5, 5.41) is 2.91. The maximum atomic E-state index is 11.3. The quantitative estimate of drug-likeness (QED) is 0.662. The number of nitrogens with zero attached hydrogens (tertiary/aromatic N) is 1. The van der Waals surface area contributed by atoms with Crippen molar-refractivity contribution >= 4 is 55.1 Å². The molecular formula is C8H7Br2ClN2O. The second-order valence-corrected chi connectivity index (χ2v) is 5.24. The van der Waals surface area contributed by atoms with Gasteiger partial charge in [0.15, 0.2) is 5.15 Å². The van der Waals surface area contributed by atoms with Crippen molar-refractivity contribution in [3.8, 4) is 0 Å². The van der Waals surface area contributed by atoms with Crippen molar-refractivity contribution in [1.29, 1.82) is 0 Å². The molecule has 0 saturated carbocycles. The molecule has 1 atom stereocenters. The number of nitrogens with one attached hydrogen (secondary N) is 1. The van der Waals surface area contributed by atoms with Crippen LogP contribution in [0.2, 0.25) is 5.15 Å². The first kappa shape index (κ1) is 11.9. The Balaban J connectivity index is 2.86. The molecule has 1 unspecified atom stereocenters. The number of hydrogen-bond donors (Lipinski definition) is 1. The van der Waals surface area contributed by atoms with Gasteiger partial charge in [0.25, 0.3) is 0 Å². The van der Waals surface area contributed by atoms with Gasteiger partial charge in [-0.15, -0.1) is 0 Å². The highest BCUT2D eigenvalue weighted by molar-refractivity contribution is 9.10. The van der Waals surface area contributed by atoms with Gasteiger partial charge in [-0.1, -0.05) is 27.5 Å². The van der Waals surface area contributed by atoms with Crippen LogP contribution in [0, 0.1) is 0 Å². The molecule has 6 heteroatoms. The van der Waals surface area contributed by atoms with Gasteiger partial charge >= 0.3 is 0 Å². The Labute approximate surface area is 103 Å². The summed E-state index contributed by atoms with van der Waals surface area (Å²) >= 11 is 12.2. The average Bonchev–Trinajstić information content (AvgIpc) is 2.11. The van der Waals surface area contributed by atoms with Crippen LogP contribution in [0.3, 0.4) is 0 Å². The van der Waals surface area contributed by atoms with Crippen LogP contribution in [0.4, 0.5) is 5.69 Å². The molecule has 1 rings (SSSR count). The molecule has 0 radical (unpaired) electrons. The fourth-order valence-electron chi connectivity index (χ4n) is 0.742. The molecule has 0 aliphatic rings. The first-order chi connectivity index (χ1) is 6.50. The highest BCUT2D eigenvalue weighted by Gasteiger charge is 2.11. The van der Waals surface area contributed by atoms with E-state index in [-0.39, 0.29) is 15.9 Å². The molecule has 1 heterocycles. The molecule has 0 aromatic carbocycles. The van der Waals surface area contributed by atoms with Crippen LogP contribution in [0.5, 0.6) is 0 Å². The number of carbonyl (C=O) groups is 1. The van der Waals surface area contributed by atoms with Crippen molar-refractivity contribution in [2.75, 3.05) is 5.32 Å². The molecule has 0 spiro atoms. The Kier molecular flexibility index (Phi) is 4.34. The summed E-state index contributed by atoms with van der Waals surface area (Å²) in [6.45, 7) is 1.73. The Hall–Kier alpha value is -0.130. The first-order valence-corrected chi connectivity index (χ1v) is 5.85. The van der Waals surface area contributed by atoms with Gasteiger partial charge in [-0.25, -0.2) is 4.98 Å². The smallest absolute Gasteiger partial charge is 0.237 e. The van der Waals surface area contributed by atoms with Gasteiger partial charge in [-0.3, -0.25) is 4.79 Å². The van der Waals surface area contributed by atoms with Gasteiger partial charge in [0.2, 0.25) is 5.91 Å². The van der Waals surface area contributed by atoms with Crippen LogP contribution >= 0.6 is 43.5 Å². The topological polar surface area (TPSA) is 42.0 Å². The van der Waals surface area contributed by atoms with Crippen LogP contribution in [-0.2, 0) is 4.79 Å². The molecular weight excluding hydrogens is 335 g/mol. The molecule has 0 bridgehead atoms. The van der Waals surface area contributed by atoms with Gasteiger partial charge in [-0.05, 0) is 28.9 Å². The maximum absolute atomic E-state index is 11.3. The number of amides is 1. The highest BCUT2D eigenvalue weighted by atomic mass is 79.9. The van der Waals surface area contributed by atoms with Crippen molar-refractivity contribution in [1.82, 2.24) is 4.98 Å². The van der Waals surface area contributed by atoms with Gasteiger partial charge < -0.3 is 5.32 Å². The predicted molar refractivity (Wildman–Crippen MR) is 64.0 cm³/mol. The summed E-state index contributed by atoms with van der Waals surface area (Å²) in [4.78, 5) is 14.9. The SMILES string of the molecule is CC(Br)C(=O)Nc1cc(Br)cnc1Cl. The number of alkyl halides is 1. The van der Waals surface area contributed by atoms with Crippen LogP contribution in [-0.4, -0.2) is 15.7 Å². The van der Waals surface area contributed by atoms with Crippen molar-refractivity contribution < 1.29 is 4.79 Å². The third-order valence-corrected chi connectivity index (χ3v) is 2.58. The second-order valence-electron chi connectivity index (χ2n) is 2.60. The monoisotopic (exact) mass is 340 g/mol. The normalized spacial score (nSPS) is 12.3. The standard InChI is InChI=1S/C8H7Br2ClN2O/c1-4(9)8(14)13-6-2-5(10)3-12-7(6)11/h2-4H,1H3,(H,13,14). The largest absolute Gasteiger partial charge is 0.322 e. The molecule has 0 saturated heterocycles. The Morgan fingerprint density at radius 1 is 1.71 bits per heavy atom. The lowest BCUT2D eigenvalue weighted by atomic mass is 10.4. The second kappa shape index (κ2) is 5.09. The van der Waals surface area contributed by atoms with E-state index in [1.54, 1.807) is 19.2 Å². The summed E-state index contributed by atoms with van der Waals surface area (Å²) in [6.07, 6.45) is 1.57. The molecule has 1 amide bonds. The van der Waals surface area contributed by atoms with E-state index in [4.69, 9.17) is 11.6 Å². The zero-order valence-electron chi connectivity index (χ0n) is 7.22. The molecule has 0 fully saturated rings. The van der Waals surface area contributed by atoms with Crippen LogP contribution in [0.1, 0.15) is 6.92 Å². The van der Waals surface area contributed by atoms with E-state index >= 15 is 0 Å². The molecule has 0 aliphatic heterocycles. The zero-order chi connectivity index (χ0) is 10.7. The van der Waals surface area contributed by atoms with E-state index in [0.29, 0.717) is 5.69 Å². The minimum atomic E-state index is -0.266. The molecule has 1 aromatic rings. The van der Waals surface area contributed by atoms with Crippen molar-refractivity contribution in [3.05, 3.63) is 21.9 Å². The summed E-state index contributed by atoms with van der Waals surface area (Å²) in [5.41, 5.74) is 0.498. The molecule has 76 valence electrons. The lowest BCUT2D eigenvalue weighted by Gasteiger charge is -2.07. The van der Waals surface area contributed by atoms with Crippen LogP contribution < -0.4 is 5.32 Å². The molecule has 14 heavy (non-hydrogen) atoms. The maximum Gasteiger partial charge on any atom is 0.237 e. The minimum absolute atomic E-state index is 0.160. The van der Waals surface area contributed by atoms with E-state index in [1.165, 1.54) is 0 Å². The fourth-order valence-corrected chi connectivity index (χ4v) is 1.34. The summed E-state index contributed by atoms with van der Waals surface area (Å²) in [6, 6.07) is 1.70. The van der Waals surface area contributed by atoms with Crippen molar-refractivity contribution in [2.45, 2.75) is 11.8 Å². The van der Waals surface area contributed by atoms with Crippen molar-refractivity contribution in [2.24, 2.45) is 0 Å². The molecule has 1 N–H and O–H groups in total. The zero-order valence-corrected chi connectivity index (χ0v) is 11.1. The van der Waals surface area contributed by atoms with E-state index in [1.807, 2.05) is 0 Å². The Morgan fingerprint density at radius 3 is 2.93 bits per heavy atom. The molecule has 0 aliphatic carbocycles. The van der Waals surface area contributed by atoms with Crippen LogP contribution in [0.25, 0.3) is 0 Å². The summed E-state index contributed by atoms with van der Waals surface area (Å²) < 4.78 is 0.763. The van der Waals surface area contributed by atoms with Gasteiger partial charge in [0, 0.05) is 10.7 Å². The van der Waals surface area contributed by atoms with E-state index in [0.717, 1.165) is 4.47 Å². The van der Waals surface area contributed by atoms with Gasteiger partial charge in [-0.2, -0.15) is 0 Å². The van der Waals surface area contributed by atoms with E-state index in [9.17, 15) is 4.79 Å². The summed E-state index contributed by atoms with van der Waals surface area (Å²) in [7, 11) is 0. The van der Waals surface area contributed by atoms with E-state index in [2.05, 4.69) is 42.2 Å². The number of pyridine rings is 1. The average molecular weight is 342 g/mol. The highest BCUT2D eigenvalue weighted by Crippen LogP contribution is 2.23. The number of halogens is 3. The number of carbonyl (C=O) groups excluding carboxylic acids is 1. The molecule has 1 aromatic heterocycles. The lowest BCUT2D eigenvalue weighted by Crippen LogP contribution is -2.20. The number of aromatic nitrogens is 1. The minimum Gasteiger partial charge on any atom is -0.322 e. The fraction of sp³-hybridized carbons (Fsp3) is 0.250. The Morgan fingerprint density at radius 2 is 2.36 bits per heavy atom. The third-order valence-electron chi connectivity index (χ3n) is 1.42. The van der Waals surface area contributed by atoms with Gasteiger partial charge in [0.05, 0.1) is 10.5 Å². The number of rotatable bonds is 2. The third kappa shape index (κ3) is 3.22. The summed E-state index contributed by atoms with van der Waals surface area (Å²) in [5.74, 6) is -0.160. The number of anilines is 1. The van der Waals surface area contributed by atoms with Gasteiger partial charge in [0.1, 0.15) is 0 Å². The van der Waals surface area contributed by atoms with Crippen LogP contribution in [0.15, 0.2) is 16.7 Å². The molecule has 3 nitrogen and oxygen atoms in total. The lowest BCUT2D eigenvalue weighted by molar-refractivity contribution is -0.115. The Bertz CT molecular complexity index is 357. The number of hydrogen-bond acceptors (Lipinski definition) is 2.